The molecular weight excluding hydrogens is 347 g/mol. The molecule has 3 aromatic rings. The Hall–Kier alpha value is -2.18. The van der Waals surface area contributed by atoms with Gasteiger partial charge in [-0.15, -0.1) is 10.2 Å². The molecule has 1 atom stereocenters. The zero-order chi connectivity index (χ0) is 18.7. The van der Waals surface area contributed by atoms with E-state index in [-0.39, 0.29) is 11.9 Å². The average Bonchev–Trinajstić information content (AvgIpc) is 3.03. The summed E-state index contributed by atoms with van der Waals surface area (Å²) < 4.78 is 15.4. The Morgan fingerprint density at radius 2 is 1.85 bits per heavy atom. The fourth-order valence-electron chi connectivity index (χ4n) is 2.66. The van der Waals surface area contributed by atoms with E-state index in [2.05, 4.69) is 53.2 Å². The third-order valence-corrected chi connectivity index (χ3v) is 5.34. The maximum Gasteiger partial charge on any atom is 0.196 e. The quantitative estimate of drug-likeness (QED) is 0.593. The number of nitrogens with zero attached hydrogens (tertiary/aromatic N) is 4. The molecule has 2 aromatic carbocycles. The molecule has 1 aromatic heterocycles. The molecule has 0 amide bonds. The van der Waals surface area contributed by atoms with Gasteiger partial charge in [0.15, 0.2) is 11.0 Å². The van der Waals surface area contributed by atoms with Crippen molar-refractivity contribution < 1.29 is 4.39 Å². The summed E-state index contributed by atoms with van der Waals surface area (Å²) in [4.78, 5) is 2.08. The molecule has 0 aliphatic carbocycles. The molecule has 0 radical (unpaired) electrons. The second-order valence-corrected chi connectivity index (χ2v) is 7.51. The van der Waals surface area contributed by atoms with E-state index >= 15 is 0 Å². The Morgan fingerprint density at radius 3 is 2.50 bits per heavy atom. The molecule has 0 aliphatic rings. The van der Waals surface area contributed by atoms with Crippen molar-refractivity contribution in [1.29, 1.82) is 0 Å². The van der Waals surface area contributed by atoms with Gasteiger partial charge in [0.2, 0.25) is 0 Å². The van der Waals surface area contributed by atoms with E-state index in [4.69, 9.17) is 0 Å². The van der Waals surface area contributed by atoms with E-state index in [1.165, 1.54) is 23.3 Å². The Balaban J connectivity index is 1.95. The minimum absolute atomic E-state index is 0.0841. The summed E-state index contributed by atoms with van der Waals surface area (Å²) in [5.41, 5.74) is 3.35. The Bertz CT molecular complexity index is 874. The van der Waals surface area contributed by atoms with Crippen LogP contribution in [0.5, 0.6) is 0 Å². The van der Waals surface area contributed by atoms with Crippen molar-refractivity contribution in [2.24, 2.45) is 0 Å². The lowest BCUT2D eigenvalue weighted by Crippen LogP contribution is -2.20. The van der Waals surface area contributed by atoms with Gasteiger partial charge in [0.05, 0.1) is 6.04 Å². The standard InChI is InChI=1S/C20H23FN4S/c1-14-6-5-7-16(12-14)13-26-20-23-22-19(15(2)24(3)4)25(20)18-10-8-17(21)9-11-18/h5-12,15H,13H2,1-4H3/t15-/m0/s1. The van der Waals surface area contributed by atoms with Crippen molar-refractivity contribution in [2.45, 2.75) is 30.8 Å². The van der Waals surface area contributed by atoms with Crippen molar-refractivity contribution in [3.63, 3.8) is 0 Å². The van der Waals surface area contributed by atoms with E-state index in [9.17, 15) is 4.39 Å². The molecule has 0 fully saturated rings. The number of thioether (sulfide) groups is 1. The first-order valence-corrected chi connectivity index (χ1v) is 9.50. The number of rotatable bonds is 6. The number of benzene rings is 2. The van der Waals surface area contributed by atoms with Crippen molar-refractivity contribution in [1.82, 2.24) is 19.7 Å². The van der Waals surface area contributed by atoms with Crippen LogP contribution in [-0.4, -0.2) is 33.8 Å². The summed E-state index contributed by atoms with van der Waals surface area (Å²) in [5, 5.41) is 9.64. The van der Waals surface area contributed by atoms with Gasteiger partial charge in [-0.3, -0.25) is 9.47 Å². The molecule has 0 aliphatic heterocycles. The molecule has 0 saturated heterocycles. The lowest BCUT2D eigenvalue weighted by atomic mass is 10.2. The summed E-state index contributed by atoms with van der Waals surface area (Å²) in [5.74, 6) is 1.39. The van der Waals surface area contributed by atoms with E-state index in [1.807, 2.05) is 18.7 Å². The Morgan fingerprint density at radius 1 is 1.12 bits per heavy atom. The van der Waals surface area contributed by atoms with Crippen molar-refractivity contribution in [2.75, 3.05) is 14.1 Å². The Labute approximate surface area is 158 Å². The van der Waals surface area contributed by atoms with Gasteiger partial charge < -0.3 is 0 Å². The highest BCUT2D eigenvalue weighted by molar-refractivity contribution is 7.98. The van der Waals surface area contributed by atoms with Crippen LogP contribution in [0.1, 0.15) is 29.9 Å². The highest BCUT2D eigenvalue weighted by atomic mass is 32.2. The molecule has 0 spiro atoms. The smallest absolute Gasteiger partial charge is 0.196 e. The number of aryl methyl sites for hydroxylation is 1. The molecule has 4 nitrogen and oxygen atoms in total. The third kappa shape index (κ3) is 4.14. The molecule has 3 rings (SSSR count). The van der Waals surface area contributed by atoms with Gasteiger partial charge in [-0.1, -0.05) is 41.6 Å². The number of hydrogen-bond acceptors (Lipinski definition) is 4. The topological polar surface area (TPSA) is 34.0 Å². The molecular formula is C20H23FN4S. The van der Waals surface area contributed by atoms with Gasteiger partial charge in [0, 0.05) is 11.4 Å². The lowest BCUT2D eigenvalue weighted by molar-refractivity contribution is 0.305. The first-order valence-electron chi connectivity index (χ1n) is 8.51. The summed E-state index contributed by atoms with van der Waals surface area (Å²) in [7, 11) is 4.02. The molecule has 0 unspecified atom stereocenters. The van der Waals surface area contributed by atoms with Crippen LogP contribution in [0, 0.1) is 12.7 Å². The zero-order valence-corrected chi connectivity index (χ0v) is 16.3. The highest BCUT2D eigenvalue weighted by Gasteiger charge is 2.21. The second kappa shape index (κ2) is 8.01. The minimum atomic E-state index is -0.252. The summed E-state index contributed by atoms with van der Waals surface area (Å²) >= 11 is 1.63. The van der Waals surface area contributed by atoms with E-state index < -0.39 is 0 Å². The first-order chi connectivity index (χ1) is 12.5. The van der Waals surface area contributed by atoms with Crippen molar-refractivity contribution in [3.05, 3.63) is 71.3 Å². The molecule has 0 N–H and O–H groups in total. The number of halogens is 1. The maximum atomic E-state index is 13.4. The fourth-order valence-corrected chi connectivity index (χ4v) is 3.56. The van der Waals surface area contributed by atoms with Crippen LogP contribution in [0.4, 0.5) is 4.39 Å². The van der Waals surface area contributed by atoms with Crippen LogP contribution >= 0.6 is 11.8 Å². The van der Waals surface area contributed by atoms with Crippen molar-refractivity contribution in [3.8, 4) is 5.69 Å². The predicted octanol–water partition coefficient (Wildman–Crippen LogP) is 4.63. The van der Waals surface area contributed by atoms with Gasteiger partial charge in [0.25, 0.3) is 0 Å². The summed E-state index contributed by atoms with van der Waals surface area (Å²) in [6.45, 7) is 4.17. The molecule has 26 heavy (non-hydrogen) atoms. The third-order valence-electron chi connectivity index (χ3n) is 4.34. The molecule has 1 heterocycles. The maximum absolute atomic E-state index is 13.4. The van der Waals surface area contributed by atoms with E-state index in [1.54, 1.807) is 23.9 Å². The minimum Gasteiger partial charge on any atom is -0.300 e. The first kappa shape index (κ1) is 18.6. The van der Waals surface area contributed by atoms with E-state index in [0.29, 0.717) is 0 Å². The van der Waals surface area contributed by atoms with Crippen LogP contribution in [-0.2, 0) is 5.75 Å². The van der Waals surface area contributed by atoms with Crippen LogP contribution in [0.25, 0.3) is 5.69 Å². The SMILES string of the molecule is Cc1cccc(CSc2nnc([C@H](C)N(C)C)n2-c2ccc(F)cc2)c1. The van der Waals surface area contributed by atoms with Gasteiger partial charge >= 0.3 is 0 Å². The van der Waals surface area contributed by atoms with Gasteiger partial charge in [-0.05, 0) is 57.8 Å². The van der Waals surface area contributed by atoms with E-state index in [0.717, 1.165) is 22.4 Å². The molecule has 6 heteroatoms. The highest BCUT2D eigenvalue weighted by Crippen LogP contribution is 2.29. The fraction of sp³-hybridized carbons (Fsp3) is 0.300. The van der Waals surface area contributed by atoms with Crippen LogP contribution in [0.15, 0.2) is 53.7 Å². The van der Waals surface area contributed by atoms with Gasteiger partial charge in [-0.2, -0.15) is 0 Å². The normalized spacial score (nSPS) is 12.5. The van der Waals surface area contributed by atoms with Crippen LogP contribution in [0.3, 0.4) is 0 Å². The van der Waals surface area contributed by atoms with Crippen LogP contribution in [0.2, 0.25) is 0 Å². The largest absolute Gasteiger partial charge is 0.300 e. The monoisotopic (exact) mass is 370 g/mol. The second-order valence-electron chi connectivity index (χ2n) is 6.57. The molecule has 0 bridgehead atoms. The summed E-state index contributed by atoms with van der Waals surface area (Å²) in [6.07, 6.45) is 0. The molecule has 0 saturated carbocycles. The lowest BCUT2D eigenvalue weighted by Gasteiger charge is -2.20. The Kier molecular flexibility index (Phi) is 5.74. The number of aromatic nitrogens is 3. The van der Waals surface area contributed by atoms with Crippen molar-refractivity contribution >= 4 is 11.8 Å². The van der Waals surface area contributed by atoms with Gasteiger partial charge in [-0.25, -0.2) is 4.39 Å². The number of hydrogen-bond donors (Lipinski definition) is 0. The van der Waals surface area contributed by atoms with Crippen LogP contribution < -0.4 is 0 Å². The molecule has 136 valence electrons. The zero-order valence-electron chi connectivity index (χ0n) is 15.5. The van der Waals surface area contributed by atoms with Gasteiger partial charge in [0.1, 0.15) is 5.82 Å². The summed E-state index contributed by atoms with van der Waals surface area (Å²) in [6, 6.07) is 15.0. The average molecular weight is 370 g/mol. The predicted molar refractivity (Wildman–Crippen MR) is 104 cm³/mol.